The van der Waals surface area contributed by atoms with Crippen LogP contribution >= 0.6 is 0 Å². The molecular weight excluding hydrogens is 250 g/mol. The fourth-order valence-corrected chi connectivity index (χ4v) is 2.11. The third-order valence-electron chi connectivity index (χ3n) is 3.38. The smallest absolute Gasteiger partial charge is 0.166 e. The largest absolute Gasteiger partial charge is 0.497 e. The molecule has 0 aliphatic rings. The maximum Gasteiger partial charge on any atom is 0.166 e. The highest BCUT2D eigenvalue weighted by atomic mass is 16.5. The number of rotatable bonds is 6. The quantitative estimate of drug-likeness (QED) is 0.752. The number of Topliss-reactive ketones (excluding diaryl/α,β-unsaturated/α-hetero) is 1. The number of ketones is 1. The van der Waals surface area contributed by atoms with Crippen molar-refractivity contribution in [3.05, 3.63) is 53.9 Å². The number of carbonyl (C=O) groups is 1. The van der Waals surface area contributed by atoms with Crippen LogP contribution in [0.3, 0.4) is 0 Å². The highest BCUT2D eigenvalue weighted by Gasteiger charge is 2.11. The molecule has 0 fully saturated rings. The number of carbonyl (C=O) groups excluding carboxylic acids is 1. The minimum atomic E-state index is 0.0486. The van der Waals surface area contributed by atoms with Gasteiger partial charge in [0, 0.05) is 30.4 Å². The zero-order valence-corrected chi connectivity index (χ0v) is 12.3. The van der Waals surface area contributed by atoms with Gasteiger partial charge in [-0.3, -0.25) is 4.79 Å². The van der Waals surface area contributed by atoms with Gasteiger partial charge in [-0.25, -0.2) is 0 Å². The van der Waals surface area contributed by atoms with Crippen molar-refractivity contribution in [2.24, 2.45) is 5.92 Å². The van der Waals surface area contributed by atoms with E-state index in [4.69, 9.17) is 4.74 Å². The molecule has 106 valence electrons. The van der Waals surface area contributed by atoms with E-state index in [1.165, 1.54) is 5.56 Å². The summed E-state index contributed by atoms with van der Waals surface area (Å²) in [4.78, 5) is 11.9. The van der Waals surface area contributed by atoms with E-state index in [-0.39, 0.29) is 11.7 Å². The van der Waals surface area contributed by atoms with Crippen LogP contribution in [0.1, 0.15) is 29.8 Å². The summed E-state index contributed by atoms with van der Waals surface area (Å²) in [7, 11) is 1.67. The second-order valence-corrected chi connectivity index (χ2v) is 5.26. The number of benzene rings is 1. The van der Waals surface area contributed by atoms with Crippen LogP contribution in [0, 0.1) is 5.92 Å². The standard InChI is InChI=1S/C17H21NO2/c1-13(2)17(19)15-9-11-18(12-15)10-8-14-4-6-16(20-3)7-5-14/h4-7,9,11-13H,8,10H2,1-3H3. The fourth-order valence-electron chi connectivity index (χ4n) is 2.11. The zero-order valence-electron chi connectivity index (χ0n) is 12.3. The molecule has 0 unspecified atom stereocenters. The summed E-state index contributed by atoms with van der Waals surface area (Å²) in [5, 5.41) is 0. The Morgan fingerprint density at radius 3 is 2.50 bits per heavy atom. The predicted molar refractivity (Wildman–Crippen MR) is 80.3 cm³/mol. The van der Waals surface area contributed by atoms with Crippen molar-refractivity contribution in [3.63, 3.8) is 0 Å². The summed E-state index contributed by atoms with van der Waals surface area (Å²) in [6, 6.07) is 9.98. The first kappa shape index (κ1) is 14.4. The molecule has 0 saturated heterocycles. The Kier molecular flexibility index (Phi) is 4.61. The molecule has 0 saturated carbocycles. The number of hydrogen-bond acceptors (Lipinski definition) is 2. The van der Waals surface area contributed by atoms with Gasteiger partial charge in [0.25, 0.3) is 0 Å². The van der Waals surface area contributed by atoms with Crippen LogP contribution in [-0.4, -0.2) is 17.5 Å². The van der Waals surface area contributed by atoms with Crippen LogP contribution in [0.5, 0.6) is 5.75 Å². The number of methoxy groups -OCH3 is 1. The van der Waals surface area contributed by atoms with Gasteiger partial charge >= 0.3 is 0 Å². The minimum absolute atomic E-state index is 0.0486. The summed E-state index contributed by atoms with van der Waals surface area (Å²) >= 11 is 0. The third kappa shape index (κ3) is 3.50. The topological polar surface area (TPSA) is 31.2 Å². The van der Waals surface area contributed by atoms with E-state index >= 15 is 0 Å². The van der Waals surface area contributed by atoms with E-state index in [2.05, 4.69) is 16.7 Å². The molecule has 1 aromatic carbocycles. The summed E-state index contributed by atoms with van der Waals surface area (Å²) in [6.45, 7) is 4.73. The first-order valence-corrected chi connectivity index (χ1v) is 6.93. The first-order valence-electron chi connectivity index (χ1n) is 6.93. The molecule has 3 nitrogen and oxygen atoms in total. The van der Waals surface area contributed by atoms with Crippen molar-refractivity contribution in [2.75, 3.05) is 7.11 Å². The van der Waals surface area contributed by atoms with Crippen molar-refractivity contribution >= 4 is 5.78 Å². The van der Waals surface area contributed by atoms with E-state index in [9.17, 15) is 4.79 Å². The number of hydrogen-bond donors (Lipinski definition) is 0. The van der Waals surface area contributed by atoms with E-state index in [1.807, 2.05) is 44.4 Å². The van der Waals surface area contributed by atoms with Gasteiger partial charge in [0.15, 0.2) is 5.78 Å². The van der Waals surface area contributed by atoms with Crippen LogP contribution in [-0.2, 0) is 13.0 Å². The van der Waals surface area contributed by atoms with Crippen LogP contribution in [0.25, 0.3) is 0 Å². The number of ether oxygens (including phenoxy) is 1. The Balaban J connectivity index is 1.95. The first-order chi connectivity index (χ1) is 9.60. The molecule has 0 aliphatic heterocycles. The lowest BCUT2D eigenvalue weighted by atomic mass is 10.0. The molecule has 2 aromatic rings. The molecule has 1 aromatic heterocycles. The summed E-state index contributed by atoms with van der Waals surface area (Å²) in [5.41, 5.74) is 2.06. The van der Waals surface area contributed by atoms with Crippen LogP contribution in [0.2, 0.25) is 0 Å². The maximum absolute atomic E-state index is 11.9. The third-order valence-corrected chi connectivity index (χ3v) is 3.38. The molecule has 0 bridgehead atoms. The second kappa shape index (κ2) is 6.42. The molecule has 3 heteroatoms. The molecule has 2 rings (SSSR count). The molecule has 20 heavy (non-hydrogen) atoms. The number of aromatic nitrogens is 1. The van der Waals surface area contributed by atoms with E-state index < -0.39 is 0 Å². The highest BCUT2D eigenvalue weighted by Crippen LogP contribution is 2.13. The predicted octanol–water partition coefficient (Wildman–Crippen LogP) is 3.58. The van der Waals surface area contributed by atoms with Gasteiger partial charge in [-0.05, 0) is 30.2 Å². The van der Waals surface area contributed by atoms with Crippen molar-refractivity contribution in [1.82, 2.24) is 4.57 Å². The van der Waals surface area contributed by atoms with Gasteiger partial charge in [0.05, 0.1) is 7.11 Å². The van der Waals surface area contributed by atoms with Crippen LogP contribution < -0.4 is 4.74 Å². The Bertz CT molecular complexity index is 567. The molecule has 0 amide bonds. The van der Waals surface area contributed by atoms with Gasteiger partial charge in [0.1, 0.15) is 5.75 Å². The molecular formula is C17H21NO2. The SMILES string of the molecule is COc1ccc(CCn2ccc(C(=O)C(C)C)c2)cc1. The van der Waals surface area contributed by atoms with Crippen molar-refractivity contribution < 1.29 is 9.53 Å². The molecule has 1 heterocycles. The average Bonchev–Trinajstić information content (AvgIpc) is 2.93. The Morgan fingerprint density at radius 2 is 1.90 bits per heavy atom. The molecule has 0 N–H and O–H groups in total. The van der Waals surface area contributed by atoms with Crippen molar-refractivity contribution in [2.45, 2.75) is 26.8 Å². The number of aryl methyl sites for hydroxylation is 2. The van der Waals surface area contributed by atoms with Gasteiger partial charge < -0.3 is 9.30 Å². The van der Waals surface area contributed by atoms with E-state index in [0.29, 0.717) is 0 Å². The van der Waals surface area contributed by atoms with Crippen molar-refractivity contribution in [1.29, 1.82) is 0 Å². The van der Waals surface area contributed by atoms with Gasteiger partial charge in [0.2, 0.25) is 0 Å². The van der Waals surface area contributed by atoms with Crippen LogP contribution in [0.15, 0.2) is 42.7 Å². The molecule has 0 spiro atoms. The van der Waals surface area contributed by atoms with E-state index in [1.54, 1.807) is 7.11 Å². The lowest BCUT2D eigenvalue weighted by molar-refractivity contribution is 0.0939. The van der Waals surface area contributed by atoms with Gasteiger partial charge in [-0.2, -0.15) is 0 Å². The normalized spacial score (nSPS) is 10.8. The maximum atomic E-state index is 11.9. The van der Waals surface area contributed by atoms with E-state index in [0.717, 1.165) is 24.3 Å². The fraction of sp³-hybridized carbons (Fsp3) is 0.353. The van der Waals surface area contributed by atoms with Crippen LogP contribution in [0.4, 0.5) is 0 Å². The van der Waals surface area contributed by atoms with Gasteiger partial charge in [-0.15, -0.1) is 0 Å². The monoisotopic (exact) mass is 271 g/mol. The molecule has 0 radical (unpaired) electrons. The Morgan fingerprint density at radius 1 is 1.20 bits per heavy atom. The average molecular weight is 271 g/mol. The van der Waals surface area contributed by atoms with Gasteiger partial charge in [-0.1, -0.05) is 26.0 Å². The zero-order chi connectivity index (χ0) is 14.5. The summed E-state index contributed by atoms with van der Waals surface area (Å²) in [6.07, 6.45) is 4.85. The lowest BCUT2D eigenvalue weighted by Gasteiger charge is -2.05. The Labute approximate surface area is 120 Å². The molecule has 0 atom stereocenters. The van der Waals surface area contributed by atoms with Crippen molar-refractivity contribution in [3.8, 4) is 5.75 Å². The second-order valence-electron chi connectivity index (χ2n) is 5.26. The lowest BCUT2D eigenvalue weighted by Crippen LogP contribution is -2.06. The summed E-state index contributed by atoms with van der Waals surface area (Å²) < 4.78 is 7.21. The summed E-state index contributed by atoms with van der Waals surface area (Å²) in [5.74, 6) is 1.13. The molecule has 0 aliphatic carbocycles. The Hall–Kier alpha value is -2.03. The number of nitrogens with zero attached hydrogens (tertiary/aromatic N) is 1. The minimum Gasteiger partial charge on any atom is -0.497 e. The highest BCUT2D eigenvalue weighted by molar-refractivity contribution is 5.97.